The molecule has 3 heterocycles. The van der Waals surface area contributed by atoms with Crippen LogP contribution in [0.25, 0.3) is 6.08 Å². The molecule has 1 aromatic rings. The Bertz CT molecular complexity index is 408. The maximum atomic E-state index is 5.40. The zero-order valence-corrected chi connectivity index (χ0v) is 9.43. The van der Waals surface area contributed by atoms with Crippen LogP contribution in [0, 0.1) is 0 Å². The Balaban J connectivity index is 1.97. The molecule has 0 bridgehead atoms. The van der Waals surface area contributed by atoms with Crippen LogP contribution in [-0.2, 0) is 11.3 Å². The van der Waals surface area contributed by atoms with Crippen LogP contribution in [0.5, 0.6) is 0 Å². The second-order valence-electron chi connectivity index (χ2n) is 4.26. The minimum Gasteiger partial charge on any atom is -0.378 e. The zero-order valence-electron chi connectivity index (χ0n) is 9.43. The lowest BCUT2D eigenvalue weighted by molar-refractivity contribution is -0.698. The number of hydrogen-bond donors (Lipinski definition) is 0. The first-order valence-electron chi connectivity index (χ1n) is 5.97. The lowest BCUT2D eigenvalue weighted by Gasteiger charge is -2.29. The van der Waals surface area contributed by atoms with Gasteiger partial charge in [0.2, 0.25) is 5.69 Å². The maximum Gasteiger partial charge on any atom is 0.228 e. The molecular weight excluding hydrogens is 200 g/mol. The van der Waals surface area contributed by atoms with Gasteiger partial charge in [-0.05, 0) is 6.07 Å². The zero-order chi connectivity index (χ0) is 10.8. The van der Waals surface area contributed by atoms with Crippen molar-refractivity contribution in [3.63, 3.8) is 0 Å². The number of fused-ring (bicyclic) bond motifs is 1. The first kappa shape index (κ1) is 9.85. The highest BCUT2D eigenvalue weighted by atomic mass is 16.5. The van der Waals surface area contributed by atoms with Crippen molar-refractivity contribution in [1.29, 1.82) is 0 Å². The number of allylic oxidation sites excluding steroid dienone is 1. The third-order valence-corrected chi connectivity index (χ3v) is 3.26. The van der Waals surface area contributed by atoms with Gasteiger partial charge in [0, 0.05) is 31.7 Å². The van der Waals surface area contributed by atoms with Gasteiger partial charge in [-0.1, -0.05) is 6.08 Å². The molecule has 0 saturated carbocycles. The first-order valence-corrected chi connectivity index (χ1v) is 5.97. The van der Waals surface area contributed by atoms with Crippen LogP contribution >= 0.6 is 0 Å². The molecule has 16 heavy (non-hydrogen) atoms. The summed E-state index contributed by atoms with van der Waals surface area (Å²) in [5, 5.41) is 0. The van der Waals surface area contributed by atoms with Gasteiger partial charge < -0.3 is 9.64 Å². The van der Waals surface area contributed by atoms with Crippen LogP contribution in [0.3, 0.4) is 0 Å². The number of anilines is 1. The summed E-state index contributed by atoms with van der Waals surface area (Å²) in [7, 11) is 0. The van der Waals surface area contributed by atoms with Gasteiger partial charge in [0.05, 0.1) is 13.2 Å². The summed E-state index contributed by atoms with van der Waals surface area (Å²) in [6.45, 7) is 4.80. The van der Waals surface area contributed by atoms with E-state index in [-0.39, 0.29) is 0 Å². The topological polar surface area (TPSA) is 16.4 Å². The van der Waals surface area contributed by atoms with E-state index in [1.807, 2.05) is 0 Å². The lowest BCUT2D eigenvalue weighted by Crippen LogP contribution is -2.43. The molecule has 2 aliphatic rings. The average Bonchev–Trinajstić information content (AvgIpc) is 2.39. The summed E-state index contributed by atoms with van der Waals surface area (Å²) in [6, 6.07) is 4.36. The molecule has 0 aromatic carbocycles. The minimum absolute atomic E-state index is 0.845. The van der Waals surface area contributed by atoms with E-state index in [1.165, 1.54) is 11.4 Å². The molecule has 0 unspecified atom stereocenters. The van der Waals surface area contributed by atoms with Gasteiger partial charge in [-0.25, -0.2) is 0 Å². The Morgan fingerprint density at radius 2 is 2.12 bits per heavy atom. The number of rotatable bonds is 1. The number of nitrogens with zero attached hydrogens (tertiary/aromatic N) is 2. The summed E-state index contributed by atoms with van der Waals surface area (Å²) in [6.07, 6.45) is 7.82. The largest absolute Gasteiger partial charge is 0.378 e. The van der Waals surface area contributed by atoms with Crippen molar-refractivity contribution >= 4 is 11.8 Å². The number of ether oxygens (including phenoxy) is 1. The third kappa shape index (κ3) is 1.71. The average molecular weight is 217 g/mol. The highest BCUT2D eigenvalue weighted by molar-refractivity contribution is 5.62. The molecule has 0 N–H and O–H groups in total. The quantitative estimate of drug-likeness (QED) is 0.658. The van der Waals surface area contributed by atoms with Crippen LogP contribution < -0.4 is 9.47 Å². The monoisotopic (exact) mass is 217 g/mol. The molecule has 0 atom stereocenters. The van der Waals surface area contributed by atoms with Gasteiger partial charge in [0.15, 0.2) is 12.7 Å². The van der Waals surface area contributed by atoms with Crippen molar-refractivity contribution in [3.05, 3.63) is 30.1 Å². The highest BCUT2D eigenvalue weighted by Crippen LogP contribution is 2.21. The Morgan fingerprint density at radius 1 is 1.25 bits per heavy atom. The fourth-order valence-electron chi connectivity index (χ4n) is 2.41. The van der Waals surface area contributed by atoms with Gasteiger partial charge in [-0.3, -0.25) is 0 Å². The number of pyridine rings is 1. The molecule has 1 aromatic heterocycles. The van der Waals surface area contributed by atoms with Gasteiger partial charge in [0.1, 0.15) is 5.69 Å². The fraction of sp³-hybridized carbons (Fsp3) is 0.462. The molecule has 3 rings (SSSR count). The van der Waals surface area contributed by atoms with Gasteiger partial charge in [0.25, 0.3) is 0 Å². The van der Waals surface area contributed by atoms with Gasteiger partial charge in [-0.15, -0.1) is 0 Å². The van der Waals surface area contributed by atoms with Gasteiger partial charge in [-0.2, -0.15) is 4.57 Å². The second-order valence-corrected chi connectivity index (χ2v) is 4.26. The molecule has 1 saturated heterocycles. The van der Waals surface area contributed by atoms with Crippen molar-refractivity contribution in [2.75, 3.05) is 31.2 Å². The Kier molecular flexibility index (Phi) is 2.62. The summed E-state index contributed by atoms with van der Waals surface area (Å²) < 4.78 is 7.74. The molecule has 3 nitrogen and oxygen atoms in total. The summed E-state index contributed by atoms with van der Waals surface area (Å²) in [5.41, 5.74) is 2.69. The van der Waals surface area contributed by atoms with Crippen LogP contribution in [0.15, 0.2) is 24.4 Å². The predicted molar refractivity (Wildman–Crippen MR) is 63.3 cm³/mol. The van der Waals surface area contributed by atoms with Crippen LogP contribution in [-0.4, -0.2) is 26.3 Å². The standard InChI is InChI=1S/C13H17N2O/c1-2-6-14-7-3-5-13(12(14)4-1)15-8-10-16-11-9-15/h1,3-5,7H,2,6,8-11H2/q+1. The smallest absolute Gasteiger partial charge is 0.228 e. The number of aromatic nitrogens is 1. The van der Waals surface area contributed by atoms with Crippen molar-refractivity contribution in [3.8, 4) is 0 Å². The van der Waals surface area contributed by atoms with Crippen LogP contribution in [0.1, 0.15) is 12.1 Å². The number of aryl methyl sites for hydroxylation is 1. The van der Waals surface area contributed by atoms with E-state index in [9.17, 15) is 0 Å². The lowest BCUT2D eigenvalue weighted by atomic mass is 10.1. The molecule has 3 heteroatoms. The Morgan fingerprint density at radius 3 is 3.00 bits per heavy atom. The van der Waals surface area contributed by atoms with Crippen molar-refractivity contribution in [2.24, 2.45) is 0 Å². The highest BCUT2D eigenvalue weighted by Gasteiger charge is 2.21. The molecular formula is C13H17N2O+. The van der Waals surface area contributed by atoms with E-state index in [1.54, 1.807) is 0 Å². The Labute approximate surface area is 96.0 Å². The maximum absolute atomic E-state index is 5.40. The normalized spacial score (nSPS) is 19.6. The van der Waals surface area contributed by atoms with Crippen LogP contribution in [0.4, 0.5) is 5.69 Å². The van der Waals surface area contributed by atoms with Crippen molar-refractivity contribution in [2.45, 2.75) is 13.0 Å². The molecule has 0 radical (unpaired) electrons. The second kappa shape index (κ2) is 4.26. The molecule has 0 amide bonds. The minimum atomic E-state index is 0.845. The molecule has 1 fully saturated rings. The van der Waals surface area contributed by atoms with E-state index in [0.717, 1.165) is 39.3 Å². The third-order valence-electron chi connectivity index (χ3n) is 3.26. The summed E-state index contributed by atoms with van der Waals surface area (Å²) in [5.74, 6) is 0. The number of morpholine rings is 1. The summed E-state index contributed by atoms with van der Waals surface area (Å²) in [4.78, 5) is 2.42. The van der Waals surface area contributed by atoms with E-state index in [4.69, 9.17) is 4.74 Å². The molecule has 84 valence electrons. The Hall–Kier alpha value is -1.35. The van der Waals surface area contributed by atoms with E-state index < -0.39 is 0 Å². The van der Waals surface area contributed by atoms with E-state index in [2.05, 4.69) is 39.9 Å². The summed E-state index contributed by atoms with van der Waals surface area (Å²) >= 11 is 0. The van der Waals surface area contributed by atoms with Crippen molar-refractivity contribution < 1.29 is 9.30 Å². The SMILES string of the molecule is C1=Cc2c(N3CCOCC3)ccc[n+]2CC1. The van der Waals surface area contributed by atoms with E-state index >= 15 is 0 Å². The van der Waals surface area contributed by atoms with Crippen molar-refractivity contribution in [1.82, 2.24) is 0 Å². The number of hydrogen-bond acceptors (Lipinski definition) is 2. The molecule has 2 aliphatic heterocycles. The molecule has 0 aliphatic carbocycles. The predicted octanol–water partition coefficient (Wildman–Crippen LogP) is 1.23. The molecule has 0 spiro atoms. The fourth-order valence-corrected chi connectivity index (χ4v) is 2.41. The van der Waals surface area contributed by atoms with Gasteiger partial charge >= 0.3 is 0 Å². The van der Waals surface area contributed by atoms with Crippen LogP contribution in [0.2, 0.25) is 0 Å². The van der Waals surface area contributed by atoms with E-state index in [0.29, 0.717) is 0 Å². The first-order chi connectivity index (χ1) is 7.95.